The van der Waals surface area contributed by atoms with Crippen molar-refractivity contribution < 1.29 is 13.2 Å². The minimum Gasteiger partial charge on any atom is -0.355 e. The first kappa shape index (κ1) is 22.3. The molecule has 3 rings (SSSR count). The third-order valence-electron chi connectivity index (χ3n) is 5.05. The van der Waals surface area contributed by atoms with Gasteiger partial charge in [0.15, 0.2) is 4.90 Å². The highest BCUT2D eigenvalue weighted by molar-refractivity contribution is 7.89. The van der Waals surface area contributed by atoms with Crippen molar-refractivity contribution in [3.63, 3.8) is 0 Å². The summed E-state index contributed by atoms with van der Waals surface area (Å²) < 4.78 is 27.1. The lowest BCUT2D eigenvalue weighted by atomic mass is 9.99. The first-order valence-electron chi connectivity index (χ1n) is 9.54. The van der Waals surface area contributed by atoms with E-state index >= 15 is 0 Å². The molecule has 0 radical (unpaired) electrons. The van der Waals surface area contributed by atoms with Gasteiger partial charge in [0.1, 0.15) is 0 Å². The summed E-state index contributed by atoms with van der Waals surface area (Å²) in [5, 5.41) is 3.49. The van der Waals surface area contributed by atoms with Crippen LogP contribution in [0.4, 0.5) is 0 Å². The molecular weight excluding hydrogens is 432 g/mol. The van der Waals surface area contributed by atoms with E-state index in [1.807, 2.05) is 17.1 Å². The molecule has 30 heavy (non-hydrogen) atoms. The van der Waals surface area contributed by atoms with Gasteiger partial charge in [0.05, 0.1) is 5.92 Å². The Kier molecular flexibility index (Phi) is 6.79. The lowest BCUT2D eigenvalue weighted by Crippen LogP contribution is -2.47. The SMILES string of the molecule is Cc1[nH]c(=O)[nH]c(=O)c1S(=O)(=O)N1CCC[C@H](C(=O)NCCc2ccc(Cl)cc2)C1. The number of nitrogens with one attached hydrogen (secondary N) is 3. The van der Waals surface area contributed by atoms with Gasteiger partial charge in [-0.2, -0.15) is 4.31 Å². The Morgan fingerprint density at radius 1 is 1.23 bits per heavy atom. The largest absolute Gasteiger partial charge is 0.355 e. The second-order valence-electron chi connectivity index (χ2n) is 7.23. The number of aromatic amines is 2. The lowest BCUT2D eigenvalue weighted by molar-refractivity contribution is -0.126. The number of carbonyl (C=O) groups excluding carboxylic acids is 1. The Morgan fingerprint density at radius 3 is 2.60 bits per heavy atom. The third kappa shape index (κ3) is 5.00. The average Bonchev–Trinajstić information content (AvgIpc) is 2.68. The summed E-state index contributed by atoms with van der Waals surface area (Å²) in [6, 6.07) is 7.33. The molecule has 0 unspecified atom stereocenters. The van der Waals surface area contributed by atoms with Crippen molar-refractivity contribution in [3.8, 4) is 0 Å². The minimum absolute atomic E-state index is 0.0207. The molecule has 0 saturated carbocycles. The number of nitrogens with zero attached hydrogens (tertiary/aromatic N) is 1. The molecule has 1 aromatic carbocycles. The van der Waals surface area contributed by atoms with E-state index < -0.39 is 32.1 Å². The number of benzene rings is 1. The van der Waals surface area contributed by atoms with Crippen LogP contribution in [0.15, 0.2) is 38.8 Å². The van der Waals surface area contributed by atoms with E-state index in [1.165, 1.54) is 6.92 Å². The molecule has 11 heteroatoms. The molecule has 162 valence electrons. The molecular formula is C19H23ClN4O5S. The van der Waals surface area contributed by atoms with E-state index in [0.717, 1.165) is 9.87 Å². The van der Waals surface area contributed by atoms with E-state index in [-0.39, 0.29) is 24.7 Å². The summed E-state index contributed by atoms with van der Waals surface area (Å²) in [6.45, 7) is 1.96. The first-order chi connectivity index (χ1) is 14.2. The van der Waals surface area contributed by atoms with Crippen molar-refractivity contribution in [2.24, 2.45) is 5.92 Å². The van der Waals surface area contributed by atoms with Crippen LogP contribution in [0, 0.1) is 12.8 Å². The van der Waals surface area contributed by atoms with Gasteiger partial charge >= 0.3 is 5.69 Å². The summed E-state index contributed by atoms with van der Waals surface area (Å²) >= 11 is 5.86. The summed E-state index contributed by atoms with van der Waals surface area (Å²) in [5.74, 6) is -0.739. The van der Waals surface area contributed by atoms with Gasteiger partial charge in [-0.3, -0.25) is 14.6 Å². The number of sulfonamides is 1. The second kappa shape index (κ2) is 9.15. The Labute approximate surface area is 178 Å². The highest BCUT2D eigenvalue weighted by Crippen LogP contribution is 2.23. The topological polar surface area (TPSA) is 132 Å². The number of rotatable bonds is 6. The monoisotopic (exact) mass is 454 g/mol. The Balaban J connectivity index is 1.65. The number of halogens is 1. The van der Waals surface area contributed by atoms with Crippen LogP contribution in [0.5, 0.6) is 0 Å². The molecule has 1 aliphatic rings. The fourth-order valence-electron chi connectivity index (χ4n) is 3.53. The average molecular weight is 455 g/mol. The standard InChI is InChI=1S/C19H23ClN4O5S/c1-12-16(18(26)23-19(27)22-12)30(28,29)24-10-2-3-14(11-24)17(25)21-9-8-13-4-6-15(20)7-5-13/h4-7,14H,2-3,8-11H2,1H3,(H,21,25)(H2,22,23,26,27)/t14-/m0/s1. The summed E-state index contributed by atoms with van der Waals surface area (Å²) in [7, 11) is -4.15. The smallest absolute Gasteiger partial charge is 0.325 e. The zero-order valence-corrected chi connectivity index (χ0v) is 18.0. The van der Waals surface area contributed by atoms with E-state index in [0.29, 0.717) is 30.8 Å². The van der Waals surface area contributed by atoms with Gasteiger partial charge in [0.2, 0.25) is 15.9 Å². The molecule has 1 atom stereocenters. The Hall–Kier alpha value is -2.43. The molecule has 1 fully saturated rings. The van der Waals surface area contributed by atoms with Crippen LogP contribution in [0.25, 0.3) is 0 Å². The quantitative estimate of drug-likeness (QED) is 0.593. The van der Waals surface area contributed by atoms with Crippen LogP contribution in [0.1, 0.15) is 24.1 Å². The molecule has 0 bridgehead atoms. The van der Waals surface area contributed by atoms with Crippen LogP contribution >= 0.6 is 11.6 Å². The molecule has 1 aromatic heterocycles. The molecule has 3 N–H and O–H groups in total. The van der Waals surface area contributed by atoms with Crippen LogP contribution < -0.4 is 16.6 Å². The number of H-pyrrole nitrogens is 2. The van der Waals surface area contributed by atoms with Crippen molar-refractivity contribution in [2.75, 3.05) is 19.6 Å². The minimum atomic E-state index is -4.15. The first-order valence-corrected chi connectivity index (χ1v) is 11.4. The number of aryl methyl sites for hydroxylation is 1. The highest BCUT2D eigenvalue weighted by atomic mass is 35.5. The number of hydrogen-bond acceptors (Lipinski definition) is 5. The van der Waals surface area contributed by atoms with Gasteiger partial charge < -0.3 is 10.3 Å². The maximum atomic E-state index is 13.0. The van der Waals surface area contributed by atoms with E-state index in [9.17, 15) is 22.8 Å². The normalized spacial score (nSPS) is 17.6. The van der Waals surface area contributed by atoms with Gasteiger partial charge in [-0.05, 0) is 43.9 Å². The molecule has 2 aromatic rings. The fraction of sp³-hybridized carbons (Fsp3) is 0.421. The molecule has 0 aliphatic carbocycles. The van der Waals surface area contributed by atoms with E-state index in [2.05, 4.69) is 10.3 Å². The van der Waals surface area contributed by atoms with Crippen LogP contribution in [-0.4, -0.2) is 48.2 Å². The predicted molar refractivity (Wildman–Crippen MR) is 112 cm³/mol. The van der Waals surface area contributed by atoms with E-state index in [4.69, 9.17) is 11.6 Å². The number of hydrogen-bond donors (Lipinski definition) is 3. The summed E-state index contributed by atoms with van der Waals surface area (Å²) in [4.78, 5) is 39.8. The zero-order valence-electron chi connectivity index (χ0n) is 16.4. The molecule has 1 amide bonds. The van der Waals surface area contributed by atoms with Crippen molar-refractivity contribution in [2.45, 2.75) is 31.1 Å². The lowest BCUT2D eigenvalue weighted by Gasteiger charge is -2.31. The highest BCUT2D eigenvalue weighted by Gasteiger charge is 2.35. The van der Waals surface area contributed by atoms with Crippen molar-refractivity contribution in [3.05, 3.63) is 61.4 Å². The van der Waals surface area contributed by atoms with Gasteiger partial charge in [-0.25, -0.2) is 13.2 Å². The number of carbonyl (C=O) groups is 1. The van der Waals surface area contributed by atoms with Gasteiger partial charge in [-0.15, -0.1) is 0 Å². The number of piperidine rings is 1. The van der Waals surface area contributed by atoms with Crippen LogP contribution in [0.2, 0.25) is 5.02 Å². The van der Waals surface area contributed by atoms with Gasteiger partial charge in [0, 0.05) is 30.4 Å². The van der Waals surface area contributed by atoms with Crippen molar-refractivity contribution >= 4 is 27.5 Å². The van der Waals surface area contributed by atoms with Crippen LogP contribution in [-0.2, 0) is 21.2 Å². The Morgan fingerprint density at radius 2 is 1.93 bits per heavy atom. The maximum Gasteiger partial charge on any atom is 0.325 e. The molecule has 2 heterocycles. The zero-order chi connectivity index (χ0) is 21.9. The second-order valence-corrected chi connectivity index (χ2v) is 9.54. The Bertz CT molecular complexity index is 1140. The van der Waals surface area contributed by atoms with Gasteiger partial charge in [0.25, 0.3) is 5.56 Å². The fourth-order valence-corrected chi connectivity index (χ4v) is 5.38. The molecule has 1 saturated heterocycles. The third-order valence-corrected chi connectivity index (χ3v) is 7.32. The number of amides is 1. The molecule has 9 nitrogen and oxygen atoms in total. The summed E-state index contributed by atoms with van der Waals surface area (Å²) in [6.07, 6.45) is 1.68. The summed E-state index contributed by atoms with van der Waals surface area (Å²) in [5.41, 5.74) is -0.738. The predicted octanol–water partition coefficient (Wildman–Crippen LogP) is 0.785. The molecule has 0 spiro atoms. The molecule has 1 aliphatic heterocycles. The maximum absolute atomic E-state index is 13.0. The van der Waals surface area contributed by atoms with Crippen molar-refractivity contribution in [1.29, 1.82) is 0 Å². The van der Waals surface area contributed by atoms with Crippen molar-refractivity contribution in [1.82, 2.24) is 19.6 Å². The van der Waals surface area contributed by atoms with Crippen LogP contribution in [0.3, 0.4) is 0 Å². The van der Waals surface area contributed by atoms with E-state index in [1.54, 1.807) is 12.1 Å². The van der Waals surface area contributed by atoms with Gasteiger partial charge in [-0.1, -0.05) is 23.7 Å². The number of aromatic nitrogens is 2.